The largest absolute Gasteiger partial charge is 0.453 e. The van der Waals surface area contributed by atoms with Gasteiger partial charge in [-0.15, -0.1) is 0 Å². The number of hydrogen-bond acceptors (Lipinski definition) is 3. The smallest absolute Gasteiger partial charge is 0.411 e. The van der Waals surface area contributed by atoms with Crippen LogP contribution in [0.3, 0.4) is 0 Å². The van der Waals surface area contributed by atoms with Gasteiger partial charge in [-0.25, -0.2) is 9.18 Å². The molecule has 1 aliphatic carbocycles. The summed E-state index contributed by atoms with van der Waals surface area (Å²) < 4.78 is 18.2. The van der Waals surface area contributed by atoms with E-state index < -0.39 is 11.9 Å². The predicted octanol–water partition coefficient (Wildman–Crippen LogP) is 3.30. The average molecular weight is 292 g/mol. The molecule has 0 saturated carbocycles. The molecule has 1 aromatic carbocycles. The van der Waals surface area contributed by atoms with Gasteiger partial charge in [-0.2, -0.15) is 0 Å². The second kappa shape index (κ2) is 6.88. The summed E-state index contributed by atoms with van der Waals surface area (Å²) in [6.45, 7) is 0. The van der Waals surface area contributed by atoms with Gasteiger partial charge < -0.3 is 10.1 Å². The molecule has 2 rings (SSSR count). The van der Waals surface area contributed by atoms with E-state index in [1.807, 2.05) is 6.08 Å². The van der Waals surface area contributed by atoms with Gasteiger partial charge in [0.2, 0.25) is 5.91 Å². The lowest BCUT2D eigenvalue weighted by atomic mass is 9.93. The van der Waals surface area contributed by atoms with E-state index in [1.165, 1.54) is 25.3 Å². The molecule has 6 heteroatoms. The summed E-state index contributed by atoms with van der Waals surface area (Å²) in [7, 11) is 1.19. The maximum atomic E-state index is 13.8. The third-order valence-electron chi connectivity index (χ3n) is 3.30. The first-order valence-electron chi connectivity index (χ1n) is 6.70. The lowest BCUT2D eigenvalue weighted by molar-refractivity contribution is -0.120. The molecule has 0 fully saturated rings. The lowest BCUT2D eigenvalue weighted by Gasteiger charge is -2.17. The lowest BCUT2D eigenvalue weighted by Crippen LogP contribution is -2.23. The number of methoxy groups -OCH3 is 1. The molecule has 0 heterocycles. The van der Waals surface area contributed by atoms with Gasteiger partial charge in [0.1, 0.15) is 5.82 Å². The molecule has 0 radical (unpaired) electrons. The number of ether oxygens (including phenoxy) is 1. The maximum Gasteiger partial charge on any atom is 0.411 e. The van der Waals surface area contributed by atoms with E-state index in [-0.39, 0.29) is 17.5 Å². The highest BCUT2D eigenvalue weighted by Crippen LogP contribution is 2.23. The number of hydrogen-bond donors (Lipinski definition) is 2. The molecular formula is C15H17FN2O3. The van der Waals surface area contributed by atoms with Crippen LogP contribution in [0.2, 0.25) is 0 Å². The molecule has 0 saturated heterocycles. The summed E-state index contributed by atoms with van der Waals surface area (Å²) in [6, 6.07) is 4.08. The summed E-state index contributed by atoms with van der Waals surface area (Å²) in [5, 5.41) is 4.94. The number of halogens is 1. The van der Waals surface area contributed by atoms with Crippen molar-refractivity contribution in [2.24, 2.45) is 5.92 Å². The molecule has 0 bridgehead atoms. The zero-order valence-electron chi connectivity index (χ0n) is 11.7. The van der Waals surface area contributed by atoms with Crippen molar-refractivity contribution in [3.63, 3.8) is 0 Å². The molecule has 0 spiro atoms. The van der Waals surface area contributed by atoms with Gasteiger partial charge in [-0.05, 0) is 37.5 Å². The third kappa shape index (κ3) is 4.05. The van der Waals surface area contributed by atoms with Crippen LogP contribution in [0.25, 0.3) is 0 Å². The van der Waals surface area contributed by atoms with E-state index in [9.17, 15) is 14.0 Å². The monoisotopic (exact) mass is 292 g/mol. The summed E-state index contributed by atoms with van der Waals surface area (Å²) in [5.74, 6) is -0.833. The van der Waals surface area contributed by atoms with E-state index in [0.29, 0.717) is 12.1 Å². The van der Waals surface area contributed by atoms with Crippen LogP contribution in [-0.2, 0) is 9.53 Å². The first-order valence-corrected chi connectivity index (χ1v) is 6.70. The zero-order chi connectivity index (χ0) is 15.2. The van der Waals surface area contributed by atoms with Gasteiger partial charge in [0.05, 0.1) is 12.8 Å². The Kier molecular flexibility index (Phi) is 4.92. The number of nitrogens with one attached hydrogen (secondary N) is 2. The predicted molar refractivity (Wildman–Crippen MR) is 77.5 cm³/mol. The Morgan fingerprint density at radius 1 is 1.29 bits per heavy atom. The molecule has 2 N–H and O–H groups in total. The van der Waals surface area contributed by atoms with Crippen LogP contribution in [0.1, 0.15) is 19.3 Å². The van der Waals surface area contributed by atoms with Gasteiger partial charge >= 0.3 is 6.09 Å². The molecule has 112 valence electrons. The molecule has 1 aromatic rings. The highest BCUT2D eigenvalue weighted by Gasteiger charge is 2.19. The van der Waals surface area contributed by atoms with Crippen molar-refractivity contribution in [2.75, 3.05) is 17.7 Å². The van der Waals surface area contributed by atoms with E-state index >= 15 is 0 Å². The van der Waals surface area contributed by atoms with E-state index in [2.05, 4.69) is 21.4 Å². The van der Waals surface area contributed by atoms with Crippen LogP contribution in [0.5, 0.6) is 0 Å². The fourth-order valence-corrected chi connectivity index (χ4v) is 2.13. The number of benzene rings is 1. The van der Waals surface area contributed by atoms with Crippen molar-refractivity contribution >= 4 is 23.4 Å². The topological polar surface area (TPSA) is 67.4 Å². The molecule has 1 aliphatic rings. The van der Waals surface area contributed by atoms with Crippen LogP contribution >= 0.6 is 0 Å². The second-order valence-corrected chi connectivity index (χ2v) is 4.78. The fraction of sp³-hybridized carbons (Fsp3) is 0.333. The SMILES string of the molecule is COC(=O)Nc1ccc(NC(=O)[C@H]2CC=CCC2)cc1F. The van der Waals surface area contributed by atoms with Crippen molar-refractivity contribution in [1.29, 1.82) is 0 Å². The normalized spacial score (nSPS) is 17.1. The molecule has 0 aliphatic heterocycles. The Morgan fingerprint density at radius 2 is 2.10 bits per heavy atom. The summed E-state index contributed by atoms with van der Waals surface area (Å²) in [5.41, 5.74) is 0.364. The average Bonchev–Trinajstić information content (AvgIpc) is 2.50. The van der Waals surface area contributed by atoms with Gasteiger partial charge in [0.15, 0.2) is 0 Å². The van der Waals surface area contributed by atoms with E-state index in [0.717, 1.165) is 12.8 Å². The Labute approximate surface area is 122 Å². The molecule has 0 unspecified atom stereocenters. The van der Waals surface area contributed by atoms with Crippen LogP contribution in [0.4, 0.5) is 20.6 Å². The molecule has 0 aromatic heterocycles. The molecule has 1 atom stereocenters. The Bertz CT molecular complexity index is 572. The first-order chi connectivity index (χ1) is 10.1. The number of allylic oxidation sites excluding steroid dienone is 2. The Hall–Kier alpha value is -2.37. The number of rotatable bonds is 3. The van der Waals surface area contributed by atoms with E-state index in [1.54, 1.807) is 0 Å². The van der Waals surface area contributed by atoms with Crippen molar-refractivity contribution < 1.29 is 18.7 Å². The molecule has 21 heavy (non-hydrogen) atoms. The molecular weight excluding hydrogens is 275 g/mol. The van der Waals surface area contributed by atoms with Crippen LogP contribution in [-0.4, -0.2) is 19.1 Å². The van der Waals surface area contributed by atoms with Crippen molar-refractivity contribution in [3.05, 3.63) is 36.2 Å². The highest BCUT2D eigenvalue weighted by molar-refractivity contribution is 5.93. The second-order valence-electron chi connectivity index (χ2n) is 4.78. The van der Waals surface area contributed by atoms with Gasteiger partial charge in [0, 0.05) is 11.6 Å². The van der Waals surface area contributed by atoms with Gasteiger partial charge in [-0.1, -0.05) is 12.2 Å². The fourth-order valence-electron chi connectivity index (χ4n) is 2.13. The van der Waals surface area contributed by atoms with Crippen LogP contribution < -0.4 is 10.6 Å². The summed E-state index contributed by atoms with van der Waals surface area (Å²) in [4.78, 5) is 23.1. The van der Waals surface area contributed by atoms with Crippen LogP contribution in [0, 0.1) is 11.7 Å². The quantitative estimate of drug-likeness (QED) is 0.840. The standard InChI is InChI=1S/C15H17FN2O3/c1-21-15(20)18-13-8-7-11(9-12(13)16)17-14(19)10-5-3-2-4-6-10/h2-3,7-10H,4-6H2,1H3,(H,17,19)(H,18,20)/t10-/m0/s1. The number of anilines is 2. The van der Waals surface area contributed by atoms with Crippen molar-refractivity contribution in [3.8, 4) is 0 Å². The van der Waals surface area contributed by atoms with Crippen LogP contribution in [0.15, 0.2) is 30.4 Å². The number of carbonyl (C=O) groups is 2. The number of carbonyl (C=O) groups excluding carboxylic acids is 2. The Morgan fingerprint density at radius 3 is 2.71 bits per heavy atom. The minimum atomic E-state index is -0.750. The Balaban J connectivity index is 2.01. The van der Waals surface area contributed by atoms with E-state index in [4.69, 9.17) is 0 Å². The minimum Gasteiger partial charge on any atom is -0.453 e. The van der Waals surface area contributed by atoms with Gasteiger partial charge in [0.25, 0.3) is 0 Å². The van der Waals surface area contributed by atoms with Crippen molar-refractivity contribution in [1.82, 2.24) is 0 Å². The number of amides is 2. The maximum absolute atomic E-state index is 13.8. The molecule has 5 nitrogen and oxygen atoms in total. The van der Waals surface area contributed by atoms with Crippen molar-refractivity contribution in [2.45, 2.75) is 19.3 Å². The third-order valence-corrected chi connectivity index (χ3v) is 3.30. The van der Waals surface area contributed by atoms with Gasteiger partial charge in [-0.3, -0.25) is 10.1 Å². The first kappa shape index (κ1) is 15.0. The summed E-state index contributed by atoms with van der Waals surface area (Å²) in [6.07, 6.45) is 5.67. The highest BCUT2D eigenvalue weighted by atomic mass is 19.1. The zero-order valence-corrected chi connectivity index (χ0v) is 11.7. The summed E-state index contributed by atoms with van der Waals surface area (Å²) >= 11 is 0. The molecule has 2 amide bonds. The minimum absolute atomic E-state index is 0.000415.